The molecular weight excluding hydrogens is 459 g/mol. The van der Waals surface area contributed by atoms with E-state index in [0.717, 1.165) is 19.5 Å². The van der Waals surface area contributed by atoms with Crippen molar-refractivity contribution < 1.29 is 13.9 Å². The van der Waals surface area contributed by atoms with Gasteiger partial charge in [0.2, 0.25) is 5.91 Å². The van der Waals surface area contributed by atoms with E-state index in [1.54, 1.807) is 6.07 Å². The van der Waals surface area contributed by atoms with Gasteiger partial charge in [0.1, 0.15) is 17.9 Å². The summed E-state index contributed by atoms with van der Waals surface area (Å²) in [5.41, 5.74) is 1.54. The Bertz CT molecular complexity index is 1190. The molecule has 9 heteroatoms. The van der Waals surface area contributed by atoms with Gasteiger partial charge in [0.15, 0.2) is 5.82 Å². The first-order valence-corrected chi connectivity index (χ1v) is 13.3. The van der Waals surface area contributed by atoms with Crippen molar-refractivity contribution in [2.75, 3.05) is 37.6 Å². The van der Waals surface area contributed by atoms with Crippen molar-refractivity contribution in [2.45, 2.75) is 58.0 Å². The smallest absolute Gasteiger partial charge is 0.282 e. The maximum Gasteiger partial charge on any atom is 0.282 e. The van der Waals surface area contributed by atoms with Crippen LogP contribution in [-0.2, 0) is 11.3 Å². The molecule has 4 heterocycles. The summed E-state index contributed by atoms with van der Waals surface area (Å²) in [6.45, 7) is 8.22. The van der Waals surface area contributed by atoms with Gasteiger partial charge in [-0.3, -0.25) is 4.79 Å². The molecule has 0 unspecified atom stereocenters. The van der Waals surface area contributed by atoms with E-state index in [1.165, 1.54) is 63.8 Å². The fourth-order valence-electron chi connectivity index (χ4n) is 6.49. The Hall–Kier alpha value is -2.81. The molecule has 190 valence electrons. The number of carbonyl (C=O) groups excluding carboxylic acids is 1. The zero-order valence-electron chi connectivity index (χ0n) is 20.8. The third-order valence-electron chi connectivity index (χ3n) is 9.16. The number of ether oxygens (including phenoxy) is 1. The van der Waals surface area contributed by atoms with E-state index < -0.39 is 0 Å². The number of anilines is 1. The largest absolute Gasteiger partial charge is 0.435 e. The lowest BCUT2D eigenvalue weighted by Crippen LogP contribution is -2.61. The van der Waals surface area contributed by atoms with Crippen LogP contribution >= 0.6 is 0 Å². The summed E-state index contributed by atoms with van der Waals surface area (Å²) >= 11 is 0. The van der Waals surface area contributed by atoms with Crippen LogP contribution < -0.4 is 9.64 Å². The molecule has 8 nitrogen and oxygen atoms in total. The molecule has 1 spiro atoms. The maximum atomic E-state index is 14.1. The highest BCUT2D eigenvalue weighted by molar-refractivity contribution is 5.81. The molecule has 2 aromatic rings. The number of nitrogens with zero attached hydrogens (tertiary/aromatic N) is 6. The highest BCUT2D eigenvalue weighted by Gasteiger charge is 2.51. The first-order valence-electron chi connectivity index (χ1n) is 13.3. The van der Waals surface area contributed by atoms with Crippen molar-refractivity contribution in [1.29, 1.82) is 0 Å². The van der Waals surface area contributed by atoms with Crippen molar-refractivity contribution in [3.63, 3.8) is 0 Å². The van der Waals surface area contributed by atoms with E-state index in [-0.39, 0.29) is 17.8 Å². The zero-order valence-corrected chi connectivity index (χ0v) is 20.8. The molecule has 0 N–H and O–H groups in total. The Morgan fingerprint density at radius 3 is 2.69 bits per heavy atom. The van der Waals surface area contributed by atoms with Gasteiger partial charge in [-0.1, -0.05) is 6.92 Å². The van der Waals surface area contributed by atoms with Crippen molar-refractivity contribution >= 4 is 11.7 Å². The second-order valence-corrected chi connectivity index (χ2v) is 12.2. The van der Waals surface area contributed by atoms with Crippen molar-refractivity contribution in [3.8, 4) is 11.6 Å². The van der Waals surface area contributed by atoms with Crippen LogP contribution in [0.1, 0.15) is 51.0 Å². The standard InChI is InChI=1S/C27H33FN6O2/c1-26(4-5-26)14-32-8-6-27(7-9-32)15-33(16-27)24-25(31-30-17-29-24)36-22-3-2-20(28)10-19(22)13-34-21-11-18(21)12-23(34)35/h2-3,10,17-18,21H,4-9,11-16H2,1H3/t18-,21-/m1/s1. The quantitative estimate of drug-likeness (QED) is 0.584. The SMILES string of the molecule is CC1(CN2CCC3(CC2)CN(c2ncnnc2Oc2ccc(F)cc2CN2C(=O)C[C@H]4C[C@H]42)C3)CC1. The van der Waals surface area contributed by atoms with E-state index in [2.05, 4.69) is 31.9 Å². The Kier molecular flexibility index (Phi) is 5.04. The Morgan fingerprint density at radius 1 is 1.17 bits per heavy atom. The van der Waals surface area contributed by atoms with Gasteiger partial charge in [0.05, 0.1) is 0 Å². The number of benzene rings is 1. The lowest BCUT2D eigenvalue weighted by molar-refractivity contribution is -0.129. The van der Waals surface area contributed by atoms with Gasteiger partial charge in [0.25, 0.3) is 5.88 Å². The van der Waals surface area contributed by atoms with Gasteiger partial charge in [-0.05, 0) is 74.7 Å². The van der Waals surface area contributed by atoms with Crippen molar-refractivity contribution in [1.82, 2.24) is 25.0 Å². The average molecular weight is 493 g/mol. The average Bonchev–Trinajstić information content (AvgIpc) is 3.75. The monoisotopic (exact) mass is 492 g/mol. The number of carbonyl (C=O) groups is 1. The summed E-state index contributed by atoms with van der Waals surface area (Å²) in [5.74, 6) is 1.76. The molecule has 0 bridgehead atoms. The predicted molar refractivity (Wildman–Crippen MR) is 131 cm³/mol. The molecule has 2 saturated carbocycles. The number of hydrogen-bond donors (Lipinski definition) is 0. The van der Waals surface area contributed by atoms with Crippen LogP contribution in [0.15, 0.2) is 24.5 Å². The molecule has 7 rings (SSSR count). The second-order valence-electron chi connectivity index (χ2n) is 12.2. The number of fused-ring (bicyclic) bond motifs is 1. The van der Waals surface area contributed by atoms with Crippen LogP contribution in [0.3, 0.4) is 0 Å². The summed E-state index contributed by atoms with van der Waals surface area (Å²) < 4.78 is 20.4. The molecule has 0 radical (unpaired) electrons. The molecule has 1 aromatic carbocycles. The van der Waals surface area contributed by atoms with Gasteiger partial charge in [0, 0.05) is 49.6 Å². The van der Waals surface area contributed by atoms with E-state index >= 15 is 0 Å². The fourth-order valence-corrected chi connectivity index (χ4v) is 6.49. The molecule has 3 aliphatic heterocycles. The van der Waals surface area contributed by atoms with Crippen LogP contribution in [0.25, 0.3) is 0 Å². The molecule has 1 amide bonds. The van der Waals surface area contributed by atoms with Crippen LogP contribution in [0.4, 0.5) is 10.2 Å². The van der Waals surface area contributed by atoms with Gasteiger partial charge >= 0.3 is 0 Å². The van der Waals surface area contributed by atoms with Crippen LogP contribution in [0, 0.1) is 22.6 Å². The molecule has 3 saturated heterocycles. The minimum absolute atomic E-state index is 0.136. The Balaban J connectivity index is 1.04. The maximum absolute atomic E-state index is 14.1. The first-order chi connectivity index (χ1) is 17.4. The van der Waals surface area contributed by atoms with Crippen LogP contribution in [0.5, 0.6) is 11.6 Å². The third kappa shape index (κ3) is 4.11. The minimum atomic E-state index is -0.347. The molecule has 5 aliphatic rings. The van der Waals surface area contributed by atoms with E-state index in [1.807, 2.05) is 4.90 Å². The fraction of sp³-hybridized carbons (Fsp3) is 0.630. The van der Waals surface area contributed by atoms with Crippen molar-refractivity contribution in [3.05, 3.63) is 35.9 Å². The lowest BCUT2D eigenvalue weighted by atomic mass is 9.72. The molecular formula is C27H33FN6O2. The summed E-state index contributed by atoms with van der Waals surface area (Å²) in [4.78, 5) is 23.6. The number of hydrogen-bond acceptors (Lipinski definition) is 7. The second kappa shape index (κ2) is 8.10. The number of rotatable bonds is 7. The summed E-state index contributed by atoms with van der Waals surface area (Å²) in [5, 5.41) is 8.20. The minimum Gasteiger partial charge on any atom is -0.435 e. The normalized spacial score (nSPS) is 27.7. The molecule has 5 fully saturated rings. The van der Waals surface area contributed by atoms with E-state index in [0.29, 0.717) is 52.7 Å². The molecule has 36 heavy (non-hydrogen) atoms. The first kappa shape index (κ1) is 22.4. The van der Waals surface area contributed by atoms with Crippen molar-refractivity contribution in [2.24, 2.45) is 16.7 Å². The van der Waals surface area contributed by atoms with E-state index in [9.17, 15) is 9.18 Å². The number of likely N-dealkylation sites (tertiary alicyclic amines) is 2. The topological polar surface area (TPSA) is 74.7 Å². The van der Waals surface area contributed by atoms with Crippen LogP contribution in [0.2, 0.25) is 0 Å². The summed E-state index contributed by atoms with van der Waals surface area (Å²) in [6.07, 6.45) is 8.26. The van der Waals surface area contributed by atoms with E-state index in [4.69, 9.17) is 4.74 Å². The predicted octanol–water partition coefficient (Wildman–Crippen LogP) is 3.63. The molecule has 1 aromatic heterocycles. The molecule has 2 aliphatic carbocycles. The van der Waals surface area contributed by atoms with Gasteiger partial charge in [-0.25, -0.2) is 9.37 Å². The zero-order chi connectivity index (χ0) is 24.5. The summed E-state index contributed by atoms with van der Waals surface area (Å²) in [7, 11) is 0. The highest BCUT2D eigenvalue weighted by Crippen LogP contribution is 2.49. The van der Waals surface area contributed by atoms with Gasteiger partial charge in [-0.2, -0.15) is 0 Å². The Morgan fingerprint density at radius 2 is 1.97 bits per heavy atom. The number of aromatic nitrogens is 3. The number of piperidine rings is 2. The lowest BCUT2D eigenvalue weighted by Gasteiger charge is -2.54. The summed E-state index contributed by atoms with van der Waals surface area (Å²) in [6, 6.07) is 4.73. The Labute approximate surface area is 210 Å². The van der Waals surface area contributed by atoms with Gasteiger partial charge < -0.3 is 19.4 Å². The number of amides is 1. The van der Waals surface area contributed by atoms with Gasteiger partial charge in [-0.15, -0.1) is 10.2 Å². The third-order valence-corrected chi connectivity index (χ3v) is 9.16. The van der Waals surface area contributed by atoms with Crippen LogP contribution in [-0.4, -0.2) is 69.7 Å². The highest BCUT2D eigenvalue weighted by atomic mass is 19.1. The molecule has 2 atom stereocenters. The number of halogens is 1.